The minimum atomic E-state index is -3.20. The number of benzene rings is 1. The number of likely N-dealkylation sites (tertiary alicyclic amines) is 1. The second-order valence-electron chi connectivity index (χ2n) is 16.2. The van der Waals surface area contributed by atoms with Crippen molar-refractivity contribution in [3.63, 3.8) is 0 Å². The minimum Gasteiger partial charge on any atom is -0.480 e. The number of hydrogen-bond acceptors (Lipinski definition) is 15. The number of para-hydroxylation sites is 1. The zero-order valence-electron chi connectivity index (χ0n) is 36.8. The summed E-state index contributed by atoms with van der Waals surface area (Å²) in [7, 11) is 0. The number of hydrogen-bond donors (Lipinski definition) is 8. The molecule has 1 aromatic heterocycles. The van der Waals surface area contributed by atoms with E-state index in [-0.39, 0.29) is 115 Å². The Hall–Kier alpha value is -6.46. The van der Waals surface area contributed by atoms with E-state index in [9.17, 15) is 72.8 Å². The Bertz CT molecular complexity index is 2110. The molecule has 8 N–H and O–H groups in total. The summed E-state index contributed by atoms with van der Waals surface area (Å²) < 4.78 is 27.6. The maximum atomic E-state index is 13.8. The molecule has 0 saturated carbocycles. The zero-order valence-corrected chi connectivity index (χ0v) is 36.8. The summed E-state index contributed by atoms with van der Waals surface area (Å²) in [5, 5.41) is 59.1. The number of nitrogens with one attached hydrogen (secondary N) is 4. The van der Waals surface area contributed by atoms with Crippen LogP contribution in [-0.4, -0.2) is 220 Å². The van der Waals surface area contributed by atoms with E-state index in [0.717, 1.165) is 4.90 Å². The van der Waals surface area contributed by atoms with Gasteiger partial charge in [0, 0.05) is 96.3 Å². The van der Waals surface area contributed by atoms with Gasteiger partial charge in [-0.25, -0.2) is 8.78 Å². The second-order valence-corrected chi connectivity index (χ2v) is 16.2. The molecular formula is C42H57F2N11O12. The van der Waals surface area contributed by atoms with E-state index >= 15 is 0 Å². The monoisotopic (exact) mass is 945 g/mol. The third-order valence-electron chi connectivity index (χ3n) is 11.1. The number of fused-ring (bicyclic) bond motifs is 1. The summed E-state index contributed by atoms with van der Waals surface area (Å²) in [5.74, 6) is -10.0. The van der Waals surface area contributed by atoms with Gasteiger partial charge in [-0.05, 0) is 31.5 Å². The fourth-order valence-corrected chi connectivity index (χ4v) is 7.75. The van der Waals surface area contributed by atoms with E-state index in [1.54, 1.807) is 43.9 Å². The number of carboxylic acid groups (broad SMARTS) is 4. The molecule has 366 valence electrons. The van der Waals surface area contributed by atoms with Gasteiger partial charge in [0.05, 0.1) is 55.6 Å². The van der Waals surface area contributed by atoms with E-state index < -0.39 is 79.1 Å². The molecule has 0 spiro atoms. The average Bonchev–Trinajstić information content (AvgIpc) is 3.59. The van der Waals surface area contributed by atoms with Crippen LogP contribution in [0, 0.1) is 11.3 Å². The van der Waals surface area contributed by atoms with Gasteiger partial charge in [0.1, 0.15) is 12.1 Å². The number of pyridine rings is 1. The molecule has 2 aromatic rings. The quantitative estimate of drug-likeness (QED) is 0.0647. The van der Waals surface area contributed by atoms with Crippen molar-refractivity contribution in [2.75, 3.05) is 110 Å². The van der Waals surface area contributed by atoms with Crippen molar-refractivity contribution < 1.29 is 67.6 Å². The molecule has 2 atom stereocenters. The van der Waals surface area contributed by atoms with Crippen LogP contribution in [0.4, 0.5) is 14.5 Å². The first-order chi connectivity index (χ1) is 31.8. The van der Waals surface area contributed by atoms with Crippen molar-refractivity contribution in [3.8, 4) is 6.07 Å². The van der Waals surface area contributed by atoms with Crippen molar-refractivity contribution in [1.29, 1.82) is 5.26 Å². The number of aliphatic carboxylic acids is 4. The van der Waals surface area contributed by atoms with E-state index in [2.05, 4.69) is 26.3 Å². The molecule has 67 heavy (non-hydrogen) atoms. The van der Waals surface area contributed by atoms with Gasteiger partial charge < -0.3 is 46.6 Å². The van der Waals surface area contributed by atoms with Gasteiger partial charge >= 0.3 is 23.9 Å². The van der Waals surface area contributed by atoms with Gasteiger partial charge in [-0.3, -0.25) is 62.9 Å². The summed E-state index contributed by atoms with van der Waals surface area (Å²) in [4.78, 5) is 110. The molecule has 23 nitrogen and oxygen atoms in total. The molecule has 4 amide bonds. The number of nitriles is 1. The highest BCUT2D eigenvalue weighted by Gasteiger charge is 2.47. The number of rotatable bonds is 22. The fourth-order valence-electron chi connectivity index (χ4n) is 7.75. The number of carboxylic acids is 4. The predicted octanol–water partition coefficient (Wildman–Crippen LogP) is -1.14. The number of nitrogens with zero attached hydrogens (tertiary/aromatic N) is 7. The number of aromatic nitrogens is 1. The van der Waals surface area contributed by atoms with Crippen LogP contribution in [0.25, 0.3) is 10.9 Å². The molecule has 4 rings (SSSR count). The van der Waals surface area contributed by atoms with E-state index in [1.807, 2.05) is 0 Å². The third kappa shape index (κ3) is 17.7. The Balaban J connectivity index is 1.21. The molecule has 2 aliphatic rings. The second kappa shape index (κ2) is 26.0. The highest BCUT2D eigenvalue weighted by Crippen LogP contribution is 2.31. The summed E-state index contributed by atoms with van der Waals surface area (Å²) in [6.07, 6.45) is 0.808. The minimum absolute atomic E-state index is 0.0816. The van der Waals surface area contributed by atoms with Crippen LogP contribution < -0.4 is 21.3 Å². The Morgan fingerprint density at radius 2 is 1.37 bits per heavy atom. The van der Waals surface area contributed by atoms with Crippen LogP contribution >= 0.6 is 0 Å². The number of anilines is 1. The van der Waals surface area contributed by atoms with Crippen LogP contribution in [0.15, 0.2) is 30.5 Å². The van der Waals surface area contributed by atoms with Gasteiger partial charge in [0.2, 0.25) is 17.7 Å². The predicted molar refractivity (Wildman–Crippen MR) is 233 cm³/mol. The molecular weight excluding hydrogens is 889 g/mol. The molecule has 0 bridgehead atoms. The van der Waals surface area contributed by atoms with Gasteiger partial charge in [0.25, 0.3) is 11.8 Å². The normalized spacial score (nSPS) is 18.2. The largest absolute Gasteiger partial charge is 0.480 e. The van der Waals surface area contributed by atoms with Gasteiger partial charge in [-0.1, -0.05) is 12.1 Å². The van der Waals surface area contributed by atoms with Crippen LogP contribution in [-0.2, 0) is 33.6 Å². The Labute approximate surface area is 384 Å². The number of alkyl halides is 2. The SMILES string of the molecule is N#C[C@H]1CC(F)(F)CN1C(=O)CNC(=O)c1ccnc2c(NC(=O)CCCNCCNC(=O)CCC(C(=O)O)N3CCN(CC(=O)O)CCN(CC(=O)O)CCN(CC(=O)O)CC3)cccc12. The Morgan fingerprint density at radius 1 is 0.776 bits per heavy atom. The highest BCUT2D eigenvalue weighted by atomic mass is 19.3. The number of carbonyl (C=O) groups is 8. The maximum absolute atomic E-state index is 13.8. The lowest BCUT2D eigenvalue weighted by molar-refractivity contribution is -0.145. The van der Waals surface area contributed by atoms with E-state index in [1.165, 1.54) is 12.3 Å². The van der Waals surface area contributed by atoms with E-state index in [0.29, 0.717) is 30.6 Å². The smallest absolute Gasteiger partial charge is 0.320 e. The average molecular weight is 946 g/mol. The lowest BCUT2D eigenvalue weighted by Crippen LogP contribution is -2.52. The lowest BCUT2D eigenvalue weighted by Gasteiger charge is -2.35. The molecule has 1 unspecified atom stereocenters. The summed E-state index contributed by atoms with van der Waals surface area (Å²) in [6.45, 7) is -0.576. The van der Waals surface area contributed by atoms with Crippen LogP contribution in [0.3, 0.4) is 0 Å². The molecule has 1 aromatic carbocycles. The summed E-state index contributed by atoms with van der Waals surface area (Å²) in [6, 6.07) is 5.41. The van der Waals surface area contributed by atoms with E-state index in [4.69, 9.17) is 0 Å². The van der Waals surface area contributed by atoms with Crippen LogP contribution in [0.5, 0.6) is 0 Å². The first-order valence-electron chi connectivity index (χ1n) is 21.6. The van der Waals surface area contributed by atoms with Crippen LogP contribution in [0.2, 0.25) is 0 Å². The standard InChI is InChI=1S/C42H57F2N11O12/c43-42(44)21-28(22-45)55(27-42)35(58)23-49-40(65)30-8-10-48-39-29(30)3-1-4-31(39)50-34(57)5-2-9-46-11-12-47-33(56)7-6-32(41(66)67)54-19-17-52(25-37(61)62)15-13-51(24-36(59)60)14-16-53(18-20-54)26-38(63)64/h1,3-4,8,10,28,32,46H,2,5-7,9,11-21,23-27H2,(H,47,56)(H,49,65)(H,50,57)(H,59,60)(H,61,62)(H,63,64)(H,66,67)/t28-,32?/m1/s1. The van der Waals surface area contributed by atoms with Crippen molar-refractivity contribution in [2.45, 2.75) is 50.1 Å². The Kier molecular flexibility index (Phi) is 20.7. The number of carbonyl (C=O) groups excluding carboxylic acids is 4. The van der Waals surface area contributed by atoms with Crippen molar-refractivity contribution in [1.82, 2.24) is 45.4 Å². The highest BCUT2D eigenvalue weighted by molar-refractivity contribution is 6.10. The first kappa shape index (κ1) is 53.2. The van der Waals surface area contributed by atoms with Crippen molar-refractivity contribution in [2.24, 2.45) is 0 Å². The topological polar surface area (TPSA) is 318 Å². The van der Waals surface area contributed by atoms with Gasteiger partial charge in [-0.2, -0.15) is 5.26 Å². The zero-order chi connectivity index (χ0) is 49.1. The summed E-state index contributed by atoms with van der Waals surface area (Å²) >= 11 is 0. The first-order valence-corrected chi connectivity index (χ1v) is 21.6. The van der Waals surface area contributed by atoms with Crippen molar-refractivity contribution in [3.05, 3.63) is 36.0 Å². The third-order valence-corrected chi connectivity index (χ3v) is 11.1. The number of amides is 4. The molecule has 3 heterocycles. The molecule has 0 radical (unpaired) electrons. The number of halogens is 2. The molecule has 2 fully saturated rings. The van der Waals surface area contributed by atoms with Gasteiger partial charge in [0.15, 0.2) is 0 Å². The maximum Gasteiger partial charge on any atom is 0.320 e. The molecule has 25 heteroatoms. The van der Waals surface area contributed by atoms with Gasteiger partial charge in [-0.15, -0.1) is 0 Å². The summed E-state index contributed by atoms with van der Waals surface area (Å²) in [5.41, 5.74) is 0.726. The van der Waals surface area contributed by atoms with Crippen molar-refractivity contribution >= 4 is 64.1 Å². The molecule has 2 aliphatic heterocycles. The van der Waals surface area contributed by atoms with Crippen LogP contribution in [0.1, 0.15) is 42.5 Å². The molecule has 0 aliphatic carbocycles. The Morgan fingerprint density at radius 3 is 1.94 bits per heavy atom. The molecule has 2 saturated heterocycles. The lowest BCUT2D eigenvalue weighted by atomic mass is 10.1. The fraction of sp³-hybridized carbons (Fsp3) is 0.571.